The molecule has 4 rings (SSSR count). The standard InChI is InChI=1S/C20H25N5O2Si/c1-14-12-24(13-27-8-9-28(2,3)4)19-16(14)10-15(11-22-19)25-17-6-5-7-21-18(17)23-20(25)26/h5-7,10-12H,8-9,13H2,1-4H3,(H,21,23,26). The van der Waals surface area contributed by atoms with Gasteiger partial charge in [0.15, 0.2) is 5.65 Å². The number of aryl methyl sites for hydroxylation is 1. The molecule has 0 aliphatic heterocycles. The van der Waals surface area contributed by atoms with Crippen molar-refractivity contribution in [3.05, 3.63) is 52.8 Å². The molecule has 0 atom stereocenters. The minimum absolute atomic E-state index is 0.221. The highest BCUT2D eigenvalue weighted by atomic mass is 28.3. The molecular formula is C20H25N5O2Si. The molecule has 28 heavy (non-hydrogen) atoms. The number of ether oxygens (including phenoxy) is 1. The average Bonchev–Trinajstić information content (AvgIpc) is 3.14. The lowest BCUT2D eigenvalue weighted by molar-refractivity contribution is 0.0898. The van der Waals surface area contributed by atoms with E-state index in [9.17, 15) is 4.79 Å². The molecule has 4 aromatic heterocycles. The maximum Gasteiger partial charge on any atom is 0.332 e. The summed E-state index contributed by atoms with van der Waals surface area (Å²) in [5.41, 5.74) is 3.77. The predicted octanol–water partition coefficient (Wildman–Crippen LogP) is 3.68. The van der Waals surface area contributed by atoms with Crippen molar-refractivity contribution in [2.24, 2.45) is 0 Å². The summed E-state index contributed by atoms with van der Waals surface area (Å²) in [6.07, 6.45) is 5.44. The Morgan fingerprint density at radius 3 is 2.86 bits per heavy atom. The molecule has 8 heteroatoms. The van der Waals surface area contributed by atoms with Gasteiger partial charge in [0.25, 0.3) is 0 Å². The Morgan fingerprint density at radius 1 is 1.25 bits per heavy atom. The molecule has 0 aromatic carbocycles. The van der Waals surface area contributed by atoms with Crippen molar-refractivity contribution >= 4 is 30.3 Å². The third-order valence-electron chi connectivity index (χ3n) is 4.84. The van der Waals surface area contributed by atoms with Gasteiger partial charge in [0.05, 0.1) is 17.4 Å². The summed E-state index contributed by atoms with van der Waals surface area (Å²) in [4.78, 5) is 24.1. The molecule has 0 aliphatic rings. The number of H-pyrrole nitrogens is 1. The van der Waals surface area contributed by atoms with Gasteiger partial charge in [0.1, 0.15) is 12.4 Å². The highest BCUT2D eigenvalue weighted by molar-refractivity contribution is 6.76. The van der Waals surface area contributed by atoms with Gasteiger partial charge in [0, 0.05) is 32.5 Å². The summed E-state index contributed by atoms with van der Waals surface area (Å²) in [5, 5.41) is 1.01. The van der Waals surface area contributed by atoms with E-state index in [-0.39, 0.29) is 5.69 Å². The quantitative estimate of drug-likeness (QED) is 0.399. The molecule has 0 saturated carbocycles. The largest absolute Gasteiger partial charge is 0.361 e. The van der Waals surface area contributed by atoms with Crippen LogP contribution in [0, 0.1) is 6.92 Å². The number of imidazole rings is 1. The van der Waals surface area contributed by atoms with E-state index in [1.807, 2.05) is 29.7 Å². The van der Waals surface area contributed by atoms with E-state index in [2.05, 4.69) is 40.8 Å². The first-order valence-corrected chi connectivity index (χ1v) is 13.1. The van der Waals surface area contributed by atoms with Gasteiger partial charge >= 0.3 is 5.69 Å². The molecule has 0 fully saturated rings. The van der Waals surface area contributed by atoms with Crippen molar-refractivity contribution in [1.82, 2.24) is 24.1 Å². The summed E-state index contributed by atoms with van der Waals surface area (Å²) < 4.78 is 9.52. The third-order valence-corrected chi connectivity index (χ3v) is 6.54. The van der Waals surface area contributed by atoms with E-state index in [4.69, 9.17) is 4.74 Å². The Hall–Kier alpha value is -2.71. The first-order valence-electron chi connectivity index (χ1n) is 9.43. The van der Waals surface area contributed by atoms with Crippen molar-refractivity contribution in [3.8, 4) is 5.69 Å². The van der Waals surface area contributed by atoms with Gasteiger partial charge < -0.3 is 9.30 Å². The van der Waals surface area contributed by atoms with Crippen LogP contribution in [0.4, 0.5) is 0 Å². The van der Waals surface area contributed by atoms with E-state index < -0.39 is 8.07 Å². The number of aromatic amines is 1. The zero-order valence-electron chi connectivity index (χ0n) is 16.7. The van der Waals surface area contributed by atoms with Gasteiger partial charge in [-0.25, -0.2) is 14.8 Å². The molecule has 1 N–H and O–H groups in total. The highest BCUT2D eigenvalue weighted by Crippen LogP contribution is 2.23. The summed E-state index contributed by atoms with van der Waals surface area (Å²) in [5.74, 6) is 0. The van der Waals surface area contributed by atoms with Crippen molar-refractivity contribution in [2.45, 2.75) is 39.3 Å². The topological polar surface area (TPSA) is 77.7 Å². The molecular weight excluding hydrogens is 370 g/mol. The molecule has 0 aliphatic carbocycles. The monoisotopic (exact) mass is 395 g/mol. The van der Waals surface area contributed by atoms with E-state index in [0.717, 1.165) is 40.5 Å². The third kappa shape index (κ3) is 3.52. The van der Waals surface area contributed by atoms with E-state index in [1.165, 1.54) is 0 Å². The minimum atomic E-state index is -1.10. The van der Waals surface area contributed by atoms with Crippen LogP contribution in [0.2, 0.25) is 25.7 Å². The van der Waals surface area contributed by atoms with Crippen LogP contribution in [-0.4, -0.2) is 38.8 Å². The number of nitrogens with zero attached hydrogens (tertiary/aromatic N) is 4. The second-order valence-corrected chi connectivity index (χ2v) is 14.0. The van der Waals surface area contributed by atoms with Gasteiger partial charge in [-0.3, -0.25) is 9.55 Å². The van der Waals surface area contributed by atoms with Crippen LogP contribution in [-0.2, 0) is 11.5 Å². The van der Waals surface area contributed by atoms with Crippen LogP contribution < -0.4 is 5.69 Å². The van der Waals surface area contributed by atoms with Crippen LogP contribution in [0.3, 0.4) is 0 Å². The molecule has 0 bridgehead atoms. The fourth-order valence-electron chi connectivity index (χ4n) is 3.29. The smallest absolute Gasteiger partial charge is 0.332 e. The number of nitrogens with one attached hydrogen (secondary N) is 1. The molecule has 0 unspecified atom stereocenters. The first kappa shape index (κ1) is 18.6. The summed E-state index contributed by atoms with van der Waals surface area (Å²) in [6.45, 7) is 10.3. The molecule has 0 radical (unpaired) electrons. The molecule has 7 nitrogen and oxygen atoms in total. The normalized spacial score (nSPS) is 12.3. The van der Waals surface area contributed by atoms with Crippen LogP contribution in [0.5, 0.6) is 0 Å². The molecule has 4 aromatic rings. The second-order valence-electron chi connectivity index (χ2n) is 8.33. The van der Waals surface area contributed by atoms with Crippen LogP contribution in [0.15, 0.2) is 41.6 Å². The number of pyridine rings is 2. The Morgan fingerprint density at radius 2 is 2.07 bits per heavy atom. The Balaban J connectivity index is 1.66. The predicted molar refractivity (Wildman–Crippen MR) is 114 cm³/mol. The van der Waals surface area contributed by atoms with E-state index in [1.54, 1.807) is 17.0 Å². The number of hydrogen-bond donors (Lipinski definition) is 1. The fourth-order valence-corrected chi connectivity index (χ4v) is 4.05. The Bertz CT molecular complexity index is 1200. The first-order chi connectivity index (χ1) is 13.3. The maximum absolute atomic E-state index is 12.4. The molecule has 0 spiro atoms. The number of hydrogen-bond acceptors (Lipinski definition) is 4. The van der Waals surface area contributed by atoms with Gasteiger partial charge in [-0.1, -0.05) is 19.6 Å². The zero-order valence-corrected chi connectivity index (χ0v) is 17.7. The number of fused-ring (bicyclic) bond motifs is 2. The van der Waals surface area contributed by atoms with E-state index in [0.29, 0.717) is 12.4 Å². The number of aromatic nitrogens is 5. The van der Waals surface area contributed by atoms with E-state index >= 15 is 0 Å². The van der Waals surface area contributed by atoms with Gasteiger partial charge in [-0.15, -0.1) is 0 Å². The lowest BCUT2D eigenvalue weighted by atomic mass is 10.2. The maximum atomic E-state index is 12.4. The van der Waals surface area contributed by atoms with Gasteiger partial charge in [-0.2, -0.15) is 0 Å². The van der Waals surface area contributed by atoms with Crippen LogP contribution >= 0.6 is 0 Å². The summed E-state index contributed by atoms with van der Waals surface area (Å²) in [6, 6.07) is 6.82. The lowest BCUT2D eigenvalue weighted by Crippen LogP contribution is -2.22. The molecule has 0 saturated heterocycles. The van der Waals surface area contributed by atoms with Gasteiger partial charge in [0.2, 0.25) is 0 Å². The Labute approximate surface area is 164 Å². The van der Waals surface area contributed by atoms with Crippen molar-refractivity contribution in [3.63, 3.8) is 0 Å². The highest BCUT2D eigenvalue weighted by Gasteiger charge is 2.14. The molecule has 0 amide bonds. The van der Waals surface area contributed by atoms with Crippen LogP contribution in [0.25, 0.3) is 27.9 Å². The molecule has 146 valence electrons. The second kappa shape index (κ2) is 7.03. The van der Waals surface area contributed by atoms with Gasteiger partial charge in [-0.05, 0) is 36.7 Å². The molecule has 4 heterocycles. The SMILES string of the molecule is Cc1cn(COCC[Si](C)(C)C)c2ncc(-n3c(=O)[nH]c4ncccc43)cc12. The average molecular weight is 396 g/mol. The van der Waals surface area contributed by atoms with Crippen molar-refractivity contribution < 1.29 is 4.74 Å². The van der Waals surface area contributed by atoms with Crippen molar-refractivity contribution in [1.29, 1.82) is 0 Å². The summed E-state index contributed by atoms with van der Waals surface area (Å²) >= 11 is 0. The van der Waals surface area contributed by atoms with Crippen molar-refractivity contribution in [2.75, 3.05) is 6.61 Å². The fraction of sp³-hybridized carbons (Fsp3) is 0.350. The summed E-state index contributed by atoms with van der Waals surface area (Å²) in [7, 11) is -1.10. The Kier molecular flexibility index (Phi) is 4.68. The zero-order chi connectivity index (χ0) is 19.9. The minimum Gasteiger partial charge on any atom is -0.361 e. The van der Waals surface area contributed by atoms with Crippen LogP contribution in [0.1, 0.15) is 5.56 Å². The lowest BCUT2D eigenvalue weighted by Gasteiger charge is -2.15. The number of rotatable bonds is 6.